The molecule has 0 radical (unpaired) electrons. The summed E-state index contributed by atoms with van der Waals surface area (Å²) in [5.41, 5.74) is 1.78. The topological polar surface area (TPSA) is 63.7 Å². The zero-order valence-electron chi connectivity index (χ0n) is 13.6. The Morgan fingerprint density at radius 1 is 0.920 bits per heavy atom. The number of benzene rings is 2. The standard InChI is InChI=1S/C20H17NO4/c22-18(25-14-6-9-15-7-2-1-3-8-15)12-13-21-19(23)16-10-4-5-11-17(16)20(21)24/h1-11H,12-14H2. The van der Waals surface area contributed by atoms with Crippen LogP contribution >= 0.6 is 0 Å². The van der Waals surface area contributed by atoms with Crippen molar-refractivity contribution in [3.8, 4) is 0 Å². The highest BCUT2D eigenvalue weighted by atomic mass is 16.5. The van der Waals surface area contributed by atoms with Crippen LogP contribution < -0.4 is 0 Å². The highest BCUT2D eigenvalue weighted by Gasteiger charge is 2.34. The summed E-state index contributed by atoms with van der Waals surface area (Å²) in [5.74, 6) is -1.18. The molecule has 2 aromatic carbocycles. The van der Waals surface area contributed by atoms with Crippen LogP contribution in [0.1, 0.15) is 32.7 Å². The Balaban J connectivity index is 1.46. The van der Waals surface area contributed by atoms with Gasteiger partial charge in [-0.15, -0.1) is 0 Å². The number of imide groups is 1. The largest absolute Gasteiger partial charge is 0.461 e. The Bertz CT molecular complexity index is 792. The molecule has 0 aliphatic carbocycles. The van der Waals surface area contributed by atoms with Gasteiger partial charge in [-0.3, -0.25) is 19.3 Å². The number of carbonyl (C=O) groups is 3. The lowest BCUT2D eigenvalue weighted by Gasteiger charge is -2.12. The van der Waals surface area contributed by atoms with Gasteiger partial charge in [-0.1, -0.05) is 48.5 Å². The molecule has 5 nitrogen and oxygen atoms in total. The smallest absolute Gasteiger partial charge is 0.307 e. The number of fused-ring (bicyclic) bond motifs is 1. The molecule has 25 heavy (non-hydrogen) atoms. The monoisotopic (exact) mass is 335 g/mol. The molecular weight excluding hydrogens is 318 g/mol. The van der Waals surface area contributed by atoms with E-state index in [4.69, 9.17) is 4.74 Å². The van der Waals surface area contributed by atoms with Gasteiger partial charge in [0.25, 0.3) is 11.8 Å². The lowest BCUT2D eigenvalue weighted by molar-refractivity contribution is -0.142. The first kappa shape index (κ1) is 16.6. The SMILES string of the molecule is O=C(CCN1C(=O)c2ccccc2C1=O)OCC=Cc1ccccc1. The molecule has 2 aromatic rings. The summed E-state index contributed by atoms with van der Waals surface area (Å²) in [6.07, 6.45) is 3.58. The maximum atomic E-state index is 12.2. The zero-order valence-corrected chi connectivity index (χ0v) is 13.6. The minimum Gasteiger partial charge on any atom is -0.461 e. The maximum Gasteiger partial charge on any atom is 0.307 e. The molecule has 0 saturated heterocycles. The second-order valence-electron chi connectivity index (χ2n) is 5.55. The fourth-order valence-electron chi connectivity index (χ4n) is 2.61. The second-order valence-corrected chi connectivity index (χ2v) is 5.55. The van der Waals surface area contributed by atoms with Crippen molar-refractivity contribution in [1.29, 1.82) is 0 Å². The average molecular weight is 335 g/mol. The van der Waals surface area contributed by atoms with Crippen molar-refractivity contribution in [2.24, 2.45) is 0 Å². The van der Waals surface area contributed by atoms with E-state index in [0.717, 1.165) is 10.5 Å². The van der Waals surface area contributed by atoms with Crippen molar-refractivity contribution in [3.63, 3.8) is 0 Å². The van der Waals surface area contributed by atoms with Crippen LogP contribution in [0.15, 0.2) is 60.7 Å². The molecule has 1 aliphatic heterocycles. The molecule has 0 N–H and O–H groups in total. The average Bonchev–Trinajstić information content (AvgIpc) is 2.89. The lowest BCUT2D eigenvalue weighted by atomic mass is 10.1. The van der Waals surface area contributed by atoms with Gasteiger partial charge in [-0.2, -0.15) is 0 Å². The molecule has 0 aromatic heterocycles. The van der Waals surface area contributed by atoms with Crippen molar-refractivity contribution in [1.82, 2.24) is 4.90 Å². The predicted molar refractivity (Wildman–Crippen MR) is 92.9 cm³/mol. The lowest BCUT2D eigenvalue weighted by Crippen LogP contribution is -2.32. The van der Waals surface area contributed by atoms with Gasteiger partial charge in [0, 0.05) is 6.54 Å². The molecule has 0 spiro atoms. The van der Waals surface area contributed by atoms with E-state index >= 15 is 0 Å². The molecule has 0 bridgehead atoms. The molecule has 0 atom stereocenters. The summed E-state index contributed by atoms with van der Waals surface area (Å²) in [4.78, 5) is 37.2. The number of nitrogens with zero attached hydrogens (tertiary/aromatic N) is 1. The summed E-state index contributed by atoms with van der Waals surface area (Å²) in [5, 5.41) is 0. The van der Waals surface area contributed by atoms with Gasteiger partial charge in [0.05, 0.1) is 17.5 Å². The Kier molecular flexibility index (Phi) is 5.04. The quantitative estimate of drug-likeness (QED) is 0.601. The fraction of sp³-hybridized carbons (Fsp3) is 0.150. The molecule has 0 unspecified atom stereocenters. The van der Waals surface area contributed by atoms with Crippen molar-refractivity contribution >= 4 is 23.9 Å². The van der Waals surface area contributed by atoms with Crippen LogP contribution in [-0.2, 0) is 9.53 Å². The first-order valence-corrected chi connectivity index (χ1v) is 7.99. The molecular formula is C20H17NO4. The van der Waals surface area contributed by atoms with Crippen molar-refractivity contribution in [2.75, 3.05) is 13.2 Å². The van der Waals surface area contributed by atoms with Gasteiger partial charge < -0.3 is 4.74 Å². The molecule has 126 valence electrons. The minimum absolute atomic E-state index is 0.0214. The maximum absolute atomic E-state index is 12.2. The third-order valence-corrected chi connectivity index (χ3v) is 3.87. The van der Waals surface area contributed by atoms with Gasteiger partial charge in [-0.25, -0.2) is 0 Å². The van der Waals surface area contributed by atoms with Gasteiger partial charge >= 0.3 is 5.97 Å². The van der Waals surface area contributed by atoms with Crippen LogP contribution in [0, 0.1) is 0 Å². The number of carbonyl (C=O) groups excluding carboxylic acids is 3. The van der Waals surface area contributed by atoms with Crippen LogP contribution in [-0.4, -0.2) is 35.8 Å². The summed E-state index contributed by atoms with van der Waals surface area (Å²) in [7, 11) is 0. The van der Waals surface area contributed by atoms with Gasteiger partial charge in [0.2, 0.25) is 0 Å². The summed E-state index contributed by atoms with van der Waals surface area (Å²) in [6.45, 7) is 0.170. The number of ether oxygens (including phenoxy) is 1. The number of esters is 1. The van der Waals surface area contributed by atoms with E-state index in [1.165, 1.54) is 0 Å². The number of amides is 2. The van der Waals surface area contributed by atoms with Gasteiger partial charge in [-0.05, 0) is 23.8 Å². The molecule has 2 amide bonds. The van der Waals surface area contributed by atoms with Crippen LogP contribution in [0.4, 0.5) is 0 Å². The van der Waals surface area contributed by atoms with E-state index in [0.29, 0.717) is 11.1 Å². The van der Waals surface area contributed by atoms with Crippen molar-refractivity contribution in [2.45, 2.75) is 6.42 Å². The first-order valence-electron chi connectivity index (χ1n) is 7.99. The summed E-state index contributed by atoms with van der Waals surface area (Å²) in [6, 6.07) is 16.3. The fourth-order valence-corrected chi connectivity index (χ4v) is 2.61. The molecule has 1 aliphatic rings. The molecule has 5 heteroatoms. The van der Waals surface area contributed by atoms with E-state index in [2.05, 4.69) is 0 Å². The van der Waals surface area contributed by atoms with Crippen LogP contribution in [0.3, 0.4) is 0 Å². The minimum atomic E-state index is -0.450. The molecule has 0 saturated carbocycles. The van der Waals surface area contributed by atoms with Crippen LogP contribution in [0.25, 0.3) is 6.08 Å². The third-order valence-electron chi connectivity index (χ3n) is 3.87. The van der Waals surface area contributed by atoms with E-state index < -0.39 is 5.97 Å². The Hall–Kier alpha value is -3.21. The third kappa shape index (κ3) is 3.83. The predicted octanol–water partition coefficient (Wildman–Crippen LogP) is 2.93. The van der Waals surface area contributed by atoms with Gasteiger partial charge in [0.15, 0.2) is 0 Å². The zero-order chi connectivity index (χ0) is 17.6. The molecule has 1 heterocycles. The normalized spacial score (nSPS) is 13.4. The van der Waals surface area contributed by atoms with E-state index in [9.17, 15) is 14.4 Å². The number of hydrogen-bond acceptors (Lipinski definition) is 4. The van der Waals surface area contributed by atoms with Crippen LogP contribution in [0.2, 0.25) is 0 Å². The second kappa shape index (κ2) is 7.57. The number of rotatable bonds is 6. The van der Waals surface area contributed by atoms with Crippen LogP contribution in [0.5, 0.6) is 0 Å². The van der Waals surface area contributed by atoms with E-state index in [-0.39, 0.29) is 31.4 Å². The molecule has 3 rings (SSSR count). The number of hydrogen-bond donors (Lipinski definition) is 0. The first-order chi connectivity index (χ1) is 12.2. The van der Waals surface area contributed by atoms with Crippen molar-refractivity contribution < 1.29 is 19.1 Å². The Labute approximate surface area is 145 Å². The molecule has 0 fully saturated rings. The van der Waals surface area contributed by atoms with E-state index in [1.54, 1.807) is 30.3 Å². The van der Waals surface area contributed by atoms with Gasteiger partial charge in [0.1, 0.15) is 6.61 Å². The summed E-state index contributed by atoms with van der Waals surface area (Å²) < 4.78 is 5.10. The van der Waals surface area contributed by atoms with E-state index in [1.807, 2.05) is 36.4 Å². The highest BCUT2D eigenvalue weighted by Crippen LogP contribution is 2.22. The summed E-state index contributed by atoms with van der Waals surface area (Å²) >= 11 is 0. The van der Waals surface area contributed by atoms with Crippen molar-refractivity contribution in [3.05, 3.63) is 77.4 Å². The Morgan fingerprint density at radius 2 is 1.52 bits per heavy atom. The Morgan fingerprint density at radius 3 is 2.16 bits per heavy atom. The highest BCUT2D eigenvalue weighted by molar-refractivity contribution is 6.21.